The molecule has 1 aromatic heterocycles. The molecule has 1 heterocycles. The summed E-state index contributed by atoms with van der Waals surface area (Å²) < 4.78 is 6.42. The Kier molecular flexibility index (Phi) is 3.42. The third kappa shape index (κ3) is 2.84. The van der Waals surface area contributed by atoms with Crippen molar-refractivity contribution < 1.29 is 4.42 Å². The minimum atomic E-state index is -0.381. The van der Waals surface area contributed by atoms with Gasteiger partial charge in [-0.3, -0.25) is 0 Å². The Morgan fingerprint density at radius 3 is 2.65 bits per heavy atom. The van der Waals surface area contributed by atoms with E-state index in [2.05, 4.69) is 5.10 Å². The Labute approximate surface area is 99.9 Å². The van der Waals surface area contributed by atoms with Gasteiger partial charge in [-0.1, -0.05) is 36.8 Å². The van der Waals surface area contributed by atoms with Crippen LogP contribution in [0, 0.1) is 6.92 Å². The average Bonchev–Trinajstić information content (AvgIpc) is 2.63. The molecule has 0 bridgehead atoms. The SMILES string of the molecule is CCCc1nn(Cc2ccc(C)cc2)c(=O)o1. The molecule has 0 unspecified atom stereocenters. The van der Waals surface area contributed by atoms with Gasteiger partial charge in [-0.2, -0.15) is 4.68 Å². The number of rotatable bonds is 4. The van der Waals surface area contributed by atoms with Gasteiger partial charge in [0.15, 0.2) is 0 Å². The summed E-state index contributed by atoms with van der Waals surface area (Å²) in [6.07, 6.45) is 1.63. The Balaban J connectivity index is 2.18. The number of aromatic nitrogens is 2. The van der Waals surface area contributed by atoms with E-state index in [1.807, 2.05) is 38.1 Å². The lowest BCUT2D eigenvalue weighted by molar-refractivity contribution is 0.448. The Morgan fingerprint density at radius 2 is 2.00 bits per heavy atom. The summed E-state index contributed by atoms with van der Waals surface area (Å²) in [5, 5.41) is 4.15. The smallest absolute Gasteiger partial charge is 0.392 e. The molecule has 0 saturated heterocycles. The van der Waals surface area contributed by atoms with Crippen LogP contribution in [0.3, 0.4) is 0 Å². The summed E-state index contributed by atoms with van der Waals surface area (Å²) in [7, 11) is 0. The van der Waals surface area contributed by atoms with E-state index in [9.17, 15) is 4.79 Å². The van der Waals surface area contributed by atoms with Gasteiger partial charge in [0.1, 0.15) is 0 Å². The maximum Gasteiger partial charge on any atom is 0.437 e. The van der Waals surface area contributed by atoms with Crippen LogP contribution in [0.2, 0.25) is 0 Å². The van der Waals surface area contributed by atoms with Crippen molar-refractivity contribution in [1.82, 2.24) is 9.78 Å². The van der Waals surface area contributed by atoms with Crippen molar-refractivity contribution in [2.75, 3.05) is 0 Å². The molecule has 90 valence electrons. The zero-order chi connectivity index (χ0) is 12.3. The highest BCUT2D eigenvalue weighted by molar-refractivity contribution is 5.21. The van der Waals surface area contributed by atoms with E-state index < -0.39 is 0 Å². The van der Waals surface area contributed by atoms with Crippen molar-refractivity contribution in [3.8, 4) is 0 Å². The summed E-state index contributed by atoms with van der Waals surface area (Å²) in [6.45, 7) is 4.52. The topological polar surface area (TPSA) is 48.0 Å². The molecule has 4 heteroatoms. The second kappa shape index (κ2) is 4.99. The van der Waals surface area contributed by atoms with E-state index in [1.54, 1.807) is 0 Å². The molecule has 0 atom stereocenters. The minimum Gasteiger partial charge on any atom is -0.392 e. The van der Waals surface area contributed by atoms with E-state index >= 15 is 0 Å². The number of hydrogen-bond donors (Lipinski definition) is 0. The fourth-order valence-electron chi connectivity index (χ4n) is 1.63. The van der Waals surface area contributed by atoms with Gasteiger partial charge in [0.05, 0.1) is 6.54 Å². The maximum absolute atomic E-state index is 11.5. The summed E-state index contributed by atoms with van der Waals surface area (Å²) in [5.74, 6) is 0.138. The molecule has 2 aromatic rings. The Hall–Kier alpha value is -1.84. The molecule has 0 amide bonds. The van der Waals surface area contributed by atoms with Crippen LogP contribution in [0.25, 0.3) is 0 Å². The minimum absolute atomic E-state index is 0.381. The predicted octanol–water partition coefficient (Wildman–Crippen LogP) is 2.15. The highest BCUT2D eigenvalue weighted by Crippen LogP contribution is 2.04. The van der Waals surface area contributed by atoms with E-state index in [0.717, 1.165) is 12.0 Å². The lowest BCUT2D eigenvalue weighted by atomic mass is 10.1. The molecular formula is C13H16N2O2. The van der Waals surface area contributed by atoms with Gasteiger partial charge in [-0.15, -0.1) is 5.10 Å². The molecule has 0 radical (unpaired) electrons. The molecule has 0 saturated carbocycles. The van der Waals surface area contributed by atoms with Crippen molar-refractivity contribution in [2.45, 2.75) is 33.2 Å². The van der Waals surface area contributed by atoms with E-state index in [0.29, 0.717) is 18.9 Å². The van der Waals surface area contributed by atoms with Crippen LogP contribution in [0.15, 0.2) is 33.5 Å². The second-order valence-electron chi connectivity index (χ2n) is 4.15. The average molecular weight is 232 g/mol. The van der Waals surface area contributed by atoms with Crippen molar-refractivity contribution in [3.05, 3.63) is 51.8 Å². The predicted molar refractivity (Wildman–Crippen MR) is 65.0 cm³/mol. The van der Waals surface area contributed by atoms with Crippen molar-refractivity contribution in [1.29, 1.82) is 0 Å². The van der Waals surface area contributed by atoms with Gasteiger partial charge >= 0.3 is 5.76 Å². The van der Waals surface area contributed by atoms with E-state index in [4.69, 9.17) is 4.42 Å². The van der Waals surface area contributed by atoms with Gasteiger partial charge in [0, 0.05) is 6.42 Å². The third-order valence-electron chi connectivity index (χ3n) is 2.56. The number of benzene rings is 1. The van der Waals surface area contributed by atoms with Crippen LogP contribution in [0.5, 0.6) is 0 Å². The lowest BCUT2D eigenvalue weighted by Crippen LogP contribution is -2.16. The first-order chi connectivity index (χ1) is 8.19. The van der Waals surface area contributed by atoms with Crippen LogP contribution < -0.4 is 5.76 Å². The van der Waals surface area contributed by atoms with Gasteiger partial charge < -0.3 is 4.42 Å². The first kappa shape index (κ1) is 11.6. The van der Waals surface area contributed by atoms with Crippen LogP contribution in [0.4, 0.5) is 0 Å². The molecule has 0 N–H and O–H groups in total. The number of aryl methyl sites for hydroxylation is 2. The molecule has 2 rings (SSSR count). The second-order valence-corrected chi connectivity index (χ2v) is 4.15. The standard InChI is InChI=1S/C13H16N2O2/c1-3-4-12-14-15(13(16)17-12)9-11-7-5-10(2)6-8-11/h5-8H,3-4,9H2,1-2H3. The van der Waals surface area contributed by atoms with Gasteiger partial charge in [-0.05, 0) is 18.9 Å². The zero-order valence-corrected chi connectivity index (χ0v) is 10.1. The molecule has 0 fully saturated rings. The van der Waals surface area contributed by atoms with Gasteiger partial charge in [0.2, 0.25) is 5.89 Å². The van der Waals surface area contributed by atoms with Crippen molar-refractivity contribution in [3.63, 3.8) is 0 Å². The lowest BCUT2D eigenvalue weighted by Gasteiger charge is -1.99. The fourth-order valence-corrected chi connectivity index (χ4v) is 1.63. The normalized spacial score (nSPS) is 10.7. The summed E-state index contributed by atoms with van der Waals surface area (Å²) in [4.78, 5) is 11.5. The Bertz CT molecular complexity index is 537. The number of nitrogens with zero attached hydrogens (tertiary/aromatic N) is 2. The van der Waals surface area contributed by atoms with E-state index in [1.165, 1.54) is 10.2 Å². The molecule has 0 aliphatic carbocycles. The zero-order valence-electron chi connectivity index (χ0n) is 10.1. The summed E-state index contributed by atoms with van der Waals surface area (Å²) in [6, 6.07) is 8.03. The van der Waals surface area contributed by atoms with Gasteiger partial charge in [-0.25, -0.2) is 4.79 Å². The maximum atomic E-state index is 11.5. The van der Waals surface area contributed by atoms with Crippen LogP contribution >= 0.6 is 0 Å². The molecule has 1 aromatic carbocycles. The molecular weight excluding hydrogens is 216 g/mol. The van der Waals surface area contributed by atoms with Crippen molar-refractivity contribution >= 4 is 0 Å². The van der Waals surface area contributed by atoms with Gasteiger partial charge in [0.25, 0.3) is 0 Å². The van der Waals surface area contributed by atoms with Crippen LogP contribution in [-0.4, -0.2) is 9.78 Å². The quantitative estimate of drug-likeness (QED) is 0.811. The fraction of sp³-hybridized carbons (Fsp3) is 0.385. The highest BCUT2D eigenvalue weighted by Gasteiger charge is 2.07. The molecule has 17 heavy (non-hydrogen) atoms. The molecule has 0 aliphatic heterocycles. The molecule has 0 aliphatic rings. The Morgan fingerprint density at radius 1 is 1.29 bits per heavy atom. The van der Waals surface area contributed by atoms with Crippen molar-refractivity contribution in [2.24, 2.45) is 0 Å². The van der Waals surface area contributed by atoms with E-state index in [-0.39, 0.29) is 5.76 Å². The monoisotopic (exact) mass is 232 g/mol. The summed E-state index contributed by atoms with van der Waals surface area (Å²) >= 11 is 0. The third-order valence-corrected chi connectivity index (χ3v) is 2.56. The largest absolute Gasteiger partial charge is 0.437 e. The van der Waals surface area contributed by atoms with Crippen LogP contribution in [0.1, 0.15) is 30.4 Å². The molecule has 0 spiro atoms. The molecule has 4 nitrogen and oxygen atoms in total. The summed E-state index contributed by atoms with van der Waals surface area (Å²) in [5.41, 5.74) is 2.25. The van der Waals surface area contributed by atoms with Crippen LogP contribution in [-0.2, 0) is 13.0 Å². The number of hydrogen-bond acceptors (Lipinski definition) is 3. The first-order valence-electron chi connectivity index (χ1n) is 5.81. The highest BCUT2D eigenvalue weighted by atomic mass is 16.4. The first-order valence-corrected chi connectivity index (χ1v) is 5.81.